The zero-order valence-electron chi connectivity index (χ0n) is 16.7. The predicted octanol–water partition coefficient (Wildman–Crippen LogP) is 4.36. The van der Waals surface area contributed by atoms with Crippen molar-refractivity contribution < 1.29 is 19.0 Å². The summed E-state index contributed by atoms with van der Waals surface area (Å²) in [5, 5.41) is 10.0. The number of nitrogens with zero attached hydrogens (tertiary/aromatic N) is 1. The second-order valence-corrected chi connectivity index (χ2v) is 8.24. The van der Waals surface area contributed by atoms with Crippen molar-refractivity contribution in [2.45, 2.75) is 32.6 Å². The van der Waals surface area contributed by atoms with E-state index in [1.165, 1.54) is 7.11 Å². The third-order valence-electron chi connectivity index (χ3n) is 5.01. The Morgan fingerprint density at radius 2 is 2.17 bits per heavy atom. The number of nitrogens with two attached hydrogens (primary N) is 1. The van der Waals surface area contributed by atoms with E-state index in [0.717, 1.165) is 0 Å². The van der Waals surface area contributed by atoms with Gasteiger partial charge in [0.1, 0.15) is 24.0 Å². The van der Waals surface area contributed by atoms with E-state index in [9.17, 15) is 10.1 Å². The van der Waals surface area contributed by atoms with Gasteiger partial charge in [-0.25, -0.2) is 0 Å². The van der Waals surface area contributed by atoms with Crippen LogP contribution in [0.4, 0.5) is 0 Å². The predicted molar refractivity (Wildman–Crippen MR) is 109 cm³/mol. The molecule has 1 atom stereocenters. The largest absolute Gasteiger partial charge is 0.493 e. The number of allylic oxidation sites excluding steroid dienone is 3. The number of nitriles is 1. The van der Waals surface area contributed by atoms with Crippen molar-refractivity contribution in [1.29, 1.82) is 5.26 Å². The Bertz CT molecular complexity index is 985. The van der Waals surface area contributed by atoms with E-state index >= 15 is 0 Å². The van der Waals surface area contributed by atoms with E-state index < -0.39 is 5.92 Å². The number of ketones is 1. The maximum Gasteiger partial charge on any atom is 0.205 e. The van der Waals surface area contributed by atoms with E-state index in [1.54, 1.807) is 18.2 Å². The van der Waals surface area contributed by atoms with E-state index in [1.807, 2.05) is 13.8 Å². The molecule has 0 aromatic heterocycles. The molecule has 2 N–H and O–H groups in total. The van der Waals surface area contributed by atoms with Crippen LogP contribution in [-0.2, 0) is 9.53 Å². The molecule has 6 nitrogen and oxygen atoms in total. The molecular formula is C22H23ClN2O4. The molecule has 0 unspecified atom stereocenters. The van der Waals surface area contributed by atoms with E-state index in [0.29, 0.717) is 46.3 Å². The first-order chi connectivity index (χ1) is 13.7. The lowest BCUT2D eigenvalue weighted by Crippen LogP contribution is -2.33. The topological polar surface area (TPSA) is 94.6 Å². The molecule has 7 heteroatoms. The third kappa shape index (κ3) is 3.83. The zero-order valence-corrected chi connectivity index (χ0v) is 17.4. The van der Waals surface area contributed by atoms with Crippen molar-refractivity contribution in [3.05, 3.63) is 58.2 Å². The van der Waals surface area contributed by atoms with Crippen LogP contribution in [-0.4, -0.2) is 19.5 Å². The van der Waals surface area contributed by atoms with Crippen molar-refractivity contribution in [2.75, 3.05) is 13.7 Å². The summed E-state index contributed by atoms with van der Waals surface area (Å²) in [4.78, 5) is 13.0. The van der Waals surface area contributed by atoms with Gasteiger partial charge < -0.3 is 19.9 Å². The molecule has 0 fully saturated rings. The van der Waals surface area contributed by atoms with Gasteiger partial charge >= 0.3 is 0 Å². The van der Waals surface area contributed by atoms with Crippen molar-refractivity contribution in [3.63, 3.8) is 0 Å². The summed E-state index contributed by atoms with van der Waals surface area (Å²) >= 11 is 6.45. The highest BCUT2D eigenvalue weighted by atomic mass is 35.5. The average molecular weight is 415 g/mol. The molecule has 0 spiro atoms. The average Bonchev–Trinajstić information content (AvgIpc) is 2.64. The van der Waals surface area contributed by atoms with E-state index in [-0.39, 0.29) is 29.3 Å². The Kier molecular flexibility index (Phi) is 5.63. The molecule has 152 valence electrons. The number of halogens is 1. The highest BCUT2D eigenvalue weighted by Crippen LogP contribution is 2.49. The van der Waals surface area contributed by atoms with Crippen LogP contribution in [0.1, 0.15) is 38.2 Å². The minimum atomic E-state index is -0.674. The van der Waals surface area contributed by atoms with Crippen molar-refractivity contribution in [1.82, 2.24) is 0 Å². The summed E-state index contributed by atoms with van der Waals surface area (Å²) in [6.45, 7) is 7.88. The summed E-state index contributed by atoms with van der Waals surface area (Å²) in [6.07, 6.45) is 2.50. The second-order valence-electron chi connectivity index (χ2n) is 7.84. The molecule has 0 saturated heterocycles. The van der Waals surface area contributed by atoms with Gasteiger partial charge in [-0.15, -0.1) is 0 Å². The number of methoxy groups -OCH3 is 1. The maximum absolute atomic E-state index is 13.0. The molecule has 1 aromatic carbocycles. The van der Waals surface area contributed by atoms with Gasteiger partial charge in [-0.1, -0.05) is 38.1 Å². The van der Waals surface area contributed by atoms with Crippen LogP contribution < -0.4 is 15.2 Å². The Hall–Kier alpha value is -2.91. The van der Waals surface area contributed by atoms with Gasteiger partial charge in [0.2, 0.25) is 5.88 Å². The Balaban J connectivity index is 2.18. The molecule has 29 heavy (non-hydrogen) atoms. The van der Waals surface area contributed by atoms with Gasteiger partial charge in [0.25, 0.3) is 0 Å². The van der Waals surface area contributed by atoms with Gasteiger partial charge in [-0.3, -0.25) is 4.79 Å². The lowest BCUT2D eigenvalue weighted by atomic mass is 9.70. The summed E-state index contributed by atoms with van der Waals surface area (Å²) in [5.41, 5.74) is 7.04. The summed E-state index contributed by atoms with van der Waals surface area (Å²) in [5.74, 6) is 0.530. The first kappa shape index (κ1) is 20.8. The van der Waals surface area contributed by atoms with Crippen molar-refractivity contribution >= 4 is 17.4 Å². The fourth-order valence-electron chi connectivity index (χ4n) is 3.81. The first-order valence-corrected chi connectivity index (χ1v) is 9.55. The quantitative estimate of drug-likeness (QED) is 0.719. The molecule has 0 radical (unpaired) electrons. The number of benzene rings is 1. The molecule has 1 heterocycles. The molecular weight excluding hydrogens is 392 g/mol. The molecule has 0 bridgehead atoms. The molecule has 1 aliphatic carbocycles. The minimum Gasteiger partial charge on any atom is -0.493 e. The van der Waals surface area contributed by atoms with Crippen LogP contribution >= 0.6 is 11.6 Å². The van der Waals surface area contributed by atoms with Crippen LogP contribution in [0.2, 0.25) is 5.02 Å². The molecule has 1 aliphatic heterocycles. The number of rotatable bonds is 5. The lowest BCUT2D eigenvalue weighted by Gasteiger charge is -2.37. The highest BCUT2D eigenvalue weighted by molar-refractivity contribution is 6.32. The van der Waals surface area contributed by atoms with Gasteiger partial charge in [0, 0.05) is 18.4 Å². The standard InChI is InChI=1S/C22H23ClN2O4/c1-5-6-28-20-14(23)7-12(8-16(20)27-4)18-13(11-24)21(25)29-17-10-22(2,3)9-15(26)19(17)18/h5,7-8,18H,1,6,9-10,25H2,2-4H3/t18-/m1/s1. The Morgan fingerprint density at radius 3 is 2.79 bits per heavy atom. The molecule has 3 rings (SSSR count). The summed E-state index contributed by atoms with van der Waals surface area (Å²) in [7, 11) is 1.49. The smallest absolute Gasteiger partial charge is 0.205 e. The van der Waals surface area contributed by atoms with Crippen LogP contribution in [0.15, 0.2) is 47.6 Å². The molecule has 2 aliphatic rings. The third-order valence-corrected chi connectivity index (χ3v) is 5.29. The normalized spacial score (nSPS) is 20.5. The Morgan fingerprint density at radius 1 is 1.45 bits per heavy atom. The number of carbonyl (C=O) groups excluding carboxylic acids is 1. The first-order valence-electron chi connectivity index (χ1n) is 9.17. The molecule has 1 aromatic rings. The van der Waals surface area contributed by atoms with E-state index in [2.05, 4.69) is 12.6 Å². The number of hydrogen-bond acceptors (Lipinski definition) is 6. The second kappa shape index (κ2) is 7.84. The summed E-state index contributed by atoms with van der Waals surface area (Å²) < 4.78 is 16.7. The number of ether oxygens (including phenoxy) is 3. The Labute approximate surface area is 175 Å². The van der Waals surface area contributed by atoms with Gasteiger partial charge in [0.15, 0.2) is 17.3 Å². The lowest BCUT2D eigenvalue weighted by molar-refractivity contribution is -0.119. The van der Waals surface area contributed by atoms with Crippen LogP contribution in [0.3, 0.4) is 0 Å². The zero-order chi connectivity index (χ0) is 21.3. The van der Waals surface area contributed by atoms with E-state index in [4.69, 9.17) is 31.5 Å². The monoisotopic (exact) mass is 414 g/mol. The molecule has 0 amide bonds. The van der Waals surface area contributed by atoms with Crippen LogP contribution in [0.5, 0.6) is 11.5 Å². The number of carbonyl (C=O) groups is 1. The minimum absolute atomic E-state index is 0.00354. The summed E-state index contributed by atoms with van der Waals surface area (Å²) in [6, 6.07) is 5.48. The van der Waals surface area contributed by atoms with Gasteiger partial charge in [-0.05, 0) is 23.1 Å². The molecule has 0 saturated carbocycles. The SMILES string of the molecule is C=CCOc1c(Cl)cc([C@@H]2C(C#N)=C(N)OC3=C2C(=O)CC(C)(C)C3)cc1OC. The fraction of sp³-hybridized carbons (Fsp3) is 0.364. The van der Waals surface area contributed by atoms with Crippen LogP contribution in [0.25, 0.3) is 0 Å². The van der Waals surface area contributed by atoms with Crippen LogP contribution in [0, 0.1) is 16.7 Å². The van der Waals surface area contributed by atoms with Gasteiger partial charge in [0.05, 0.1) is 18.1 Å². The van der Waals surface area contributed by atoms with Gasteiger partial charge in [-0.2, -0.15) is 5.26 Å². The fourth-order valence-corrected chi connectivity index (χ4v) is 4.08. The number of Topliss-reactive ketones (excluding diaryl/α,β-unsaturated/α-hetero) is 1. The van der Waals surface area contributed by atoms with Crippen molar-refractivity contribution in [2.24, 2.45) is 11.1 Å². The maximum atomic E-state index is 13.0. The van der Waals surface area contributed by atoms with Crippen molar-refractivity contribution in [3.8, 4) is 17.6 Å². The highest BCUT2D eigenvalue weighted by Gasteiger charge is 2.43. The number of hydrogen-bond donors (Lipinski definition) is 1.